The molecule has 0 heterocycles. The predicted octanol–water partition coefficient (Wildman–Crippen LogP) is 6.81. The Labute approximate surface area is 240 Å². The van der Waals surface area contributed by atoms with Gasteiger partial charge in [-0.05, 0) is 73.0 Å². The minimum absolute atomic E-state index is 0.226. The van der Waals surface area contributed by atoms with Crippen LogP contribution in [0.3, 0.4) is 0 Å². The summed E-state index contributed by atoms with van der Waals surface area (Å²) >= 11 is 0. The molecule has 0 atom stereocenters. The summed E-state index contributed by atoms with van der Waals surface area (Å²) in [5.41, 5.74) is 3.23. The molecule has 0 saturated carbocycles. The molecule has 0 aliphatic rings. The highest BCUT2D eigenvalue weighted by Crippen LogP contribution is 2.27. The van der Waals surface area contributed by atoms with Gasteiger partial charge in [-0.15, -0.1) is 0 Å². The topological polar surface area (TPSA) is 112 Å². The van der Waals surface area contributed by atoms with E-state index in [-0.39, 0.29) is 18.3 Å². The second kappa shape index (κ2) is 15.8. The average Bonchev–Trinajstić information content (AvgIpc) is 2.99. The Bertz CT molecular complexity index is 1360. The number of carbonyl (C=O) groups excluding carboxylic acids is 3. The Morgan fingerprint density at radius 1 is 0.780 bits per heavy atom. The number of benzene rings is 3. The van der Waals surface area contributed by atoms with Crippen molar-refractivity contribution in [2.45, 2.75) is 39.5 Å². The second-order valence-electron chi connectivity index (χ2n) is 9.35. The van der Waals surface area contributed by atoms with E-state index in [4.69, 9.17) is 24.4 Å². The molecule has 0 saturated heterocycles. The van der Waals surface area contributed by atoms with E-state index in [1.165, 1.54) is 0 Å². The summed E-state index contributed by atoms with van der Waals surface area (Å²) in [6, 6.07) is 18.7. The van der Waals surface area contributed by atoms with Crippen molar-refractivity contribution in [2.75, 3.05) is 19.8 Å². The first-order valence-corrected chi connectivity index (χ1v) is 13.5. The second-order valence-corrected chi connectivity index (χ2v) is 9.35. The zero-order chi connectivity index (χ0) is 29.6. The molecule has 3 aromatic rings. The van der Waals surface area contributed by atoms with Crippen molar-refractivity contribution in [1.82, 2.24) is 0 Å². The largest absolute Gasteiger partial charge is 0.493 e. The van der Waals surface area contributed by atoms with Gasteiger partial charge >= 0.3 is 17.9 Å². The minimum atomic E-state index is -0.569. The number of esters is 3. The number of nitrogens with one attached hydrogen (secondary N) is 1. The van der Waals surface area contributed by atoms with Gasteiger partial charge in [0.1, 0.15) is 11.5 Å². The SMILES string of the molecule is C=C(C)C(=O)OCCCOc1ccc(C(=O)Oc2ccc(-c3ccc(C(=O)OCCCCC)cc3)cc2C=N)cc1. The summed E-state index contributed by atoms with van der Waals surface area (Å²) in [5.74, 6) is -0.532. The van der Waals surface area contributed by atoms with Crippen molar-refractivity contribution in [3.8, 4) is 22.6 Å². The van der Waals surface area contributed by atoms with E-state index < -0.39 is 11.9 Å². The predicted molar refractivity (Wildman–Crippen MR) is 157 cm³/mol. The van der Waals surface area contributed by atoms with E-state index in [0.29, 0.717) is 47.6 Å². The van der Waals surface area contributed by atoms with Crippen molar-refractivity contribution < 1.29 is 33.3 Å². The third-order valence-electron chi connectivity index (χ3n) is 6.03. The van der Waals surface area contributed by atoms with Crippen LogP contribution in [-0.4, -0.2) is 43.9 Å². The molecule has 3 aromatic carbocycles. The summed E-state index contributed by atoms with van der Waals surface area (Å²) in [6.07, 6.45) is 4.57. The summed E-state index contributed by atoms with van der Waals surface area (Å²) in [6.45, 7) is 8.18. The molecule has 8 nitrogen and oxygen atoms in total. The first kappa shape index (κ1) is 30.8. The summed E-state index contributed by atoms with van der Waals surface area (Å²) in [5, 5.41) is 7.82. The Hall–Kier alpha value is -4.72. The van der Waals surface area contributed by atoms with Crippen LogP contribution in [0.1, 0.15) is 65.8 Å². The quantitative estimate of drug-likeness (QED) is 0.0718. The van der Waals surface area contributed by atoms with E-state index in [9.17, 15) is 14.4 Å². The van der Waals surface area contributed by atoms with Gasteiger partial charge in [-0.3, -0.25) is 0 Å². The summed E-state index contributed by atoms with van der Waals surface area (Å²) in [7, 11) is 0. The molecule has 0 aliphatic carbocycles. The van der Waals surface area contributed by atoms with Gasteiger partial charge in [0, 0.05) is 23.8 Å². The summed E-state index contributed by atoms with van der Waals surface area (Å²) in [4.78, 5) is 36.3. The number of hydrogen-bond donors (Lipinski definition) is 1. The van der Waals surface area contributed by atoms with Crippen LogP contribution in [0.5, 0.6) is 11.5 Å². The van der Waals surface area contributed by atoms with Gasteiger partial charge in [0.05, 0.1) is 30.9 Å². The lowest BCUT2D eigenvalue weighted by molar-refractivity contribution is -0.139. The molecule has 0 aliphatic heterocycles. The van der Waals surface area contributed by atoms with Crippen molar-refractivity contribution in [1.29, 1.82) is 5.41 Å². The Morgan fingerprint density at radius 3 is 2.07 bits per heavy atom. The van der Waals surface area contributed by atoms with E-state index in [0.717, 1.165) is 36.6 Å². The van der Waals surface area contributed by atoms with Gasteiger partial charge in [0.2, 0.25) is 0 Å². The van der Waals surface area contributed by atoms with Gasteiger partial charge in [0.25, 0.3) is 0 Å². The van der Waals surface area contributed by atoms with Crippen molar-refractivity contribution in [3.05, 3.63) is 95.6 Å². The molecule has 0 amide bonds. The molecular formula is C33H35NO7. The van der Waals surface area contributed by atoms with Crippen molar-refractivity contribution >= 4 is 24.1 Å². The van der Waals surface area contributed by atoms with Crippen LogP contribution in [0.15, 0.2) is 78.9 Å². The fourth-order valence-electron chi connectivity index (χ4n) is 3.72. The zero-order valence-corrected chi connectivity index (χ0v) is 23.4. The Balaban J connectivity index is 1.55. The molecule has 0 fully saturated rings. The average molecular weight is 558 g/mol. The Morgan fingerprint density at radius 2 is 1.41 bits per heavy atom. The van der Waals surface area contributed by atoms with Gasteiger partial charge in [-0.1, -0.05) is 44.5 Å². The highest BCUT2D eigenvalue weighted by molar-refractivity contribution is 5.94. The lowest BCUT2D eigenvalue weighted by Crippen LogP contribution is -2.10. The van der Waals surface area contributed by atoms with Crippen LogP contribution in [0.4, 0.5) is 0 Å². The van der Waals surface area contributed by atoms with Crippen LogP contribution in [0, 0.1) is 5.41 Å². The van der Waals surface area contributed by atoms with Crippen molar-refractivity contribution in [3.63, 3.8) is 0 Å². The summed E-state index contributed by atoms with van der Waals surface area (Å²) < 4.78 is 21.5. The third-order valence-corrected chi connectivity index (χ3v) is 6.03. The molecule has 214 valence electrons. The van der Waals surface area contributed by atoms with Crippen LogP contribution in [0.2, 0.25) is 0 Å². The van der Waals surface area contributed by atoms with Crippen LogP contribution < -0.4 is 9.47 Å². The molecule has 3 rings (SSSR count). The highest BCUT2D eigenvalue weighted by atomic mass is 16.5. The van der Waals surface area contributed by atoms with E-state index >= 15 is 0 Å². The van der Waals surface area contributed by atoms with E-state index in [1.807, 2.05) is 12.1 Å². The van der Waals surface area contributed by atoms with E-state index in [2.05, 4.69) is 13.5 Å². The third kappa shape index (κ3) is 9.46. The first-order chi connectivity index (χ1) is 19.8. The first-order valence-electron chi connectivity index (χ1n) is 13.5. The van der Waals surface area contributed by atoms with E-state index in [1.54, 1.807) is 61.5 Å². The highest BCUT2D eigenvalue weighted by Gasteiger charge is 2.13. The lowest BCUT2D eigenvalue weighted by atomic mass is 10.0. The smallest absolute Gasteiger partial charge is 0.343 e. The number of unbranched alkanes of at least 4 members (excludes halogenated alkanes) is 2. The normalized spacial score (nSPS) is 10.4. The number of hydrogen-bond acceptors (Lipinski definition) is 8. The van der Waals surface area contributed by atoms with Gasteiger partial charge in [0.15, 0.2) is 0 Å². The van der Waals surface area contributed by atoms with Gasteiger partial charge in [-0.2, -0.15) is 0 Å². The maximum absolute atomic E-state index is 12.7. The molecule has 1 N–H and O–H groups in total. The number of ether oxygens (including phenoxy) is 4. The molecular weight excluding hydrogens is 522 g/mol. The number of carbonyl (C=O) groups is 3. The molecule has 0 spiro atoms. The molecule has 0 aromatic heterocycles. The monoisotopic (exact) mass is 557 g/mol. The molecule has 8 heteroatoms. The fourth-order valence-corrected chi connectivity index (χ4v) is 3.72. The maximum atomic E-state index is 12.7. The minimum Gasteiger partial charge on any atom is -0.493 e. The van der Waals surface area contributed by atoms with Crippen LogP contribution >= 0.6 is 0 Å². The lowest BCUT2D eigenvalue weighted by Gasteiger charge is -2.11. The van der Waals surface area contributed by atoms with Gasteiger partial charge in [-0.25, -0.2) is 14.4 Å². The standard InChI is InChI=1S/C33H35NO7/c1-4-5-6-18-40-32(36)25-10-8-24(9-11-25)27-14-17-30(28(21-27)22-34)41-33(37)26-12-15-29(16-13-26)38-19-7-20-39-31(35)23(2)3/h8-17,21-22,34H,2,4-7,18-20H2,1,3H3. The fraction of sp³-hybridized carbons (Fsp3) is 0.273. The molecule has 0 bridgehead atoms. The van der Waals surface area contributed by atoms with Gasteiger partial charge < -0.3 is 24.4 Å². The zero-order valence-electron chi connectivity index (χ0n) is 23.4. The molecule has 0 radical (unpaired) electrons. The molecule has 41 heavy (non-hydrogen) atoms. The maximum Gasteiger partial charge on any atom is 0.343 e. The number of rotatable bonds is 15. The Kier molecular flexibility index (Phi) is 11.8. The van der Waals surface area contributed by atoms with Crippen molar-refractivity contribution in [2.24, 2.45) is 0 Å². The molecule has 0 unspecified atom stereocenters. The van der Waals surface area contributed by atoms with Crippen LogP contribution in [0.25, 0.3) is 11.1 Å². The van der Waals surface area contributed by atoms with Crippen LogP contribution in [-0.2, 0) is 14.3 Å².